The molecule has 0 saturated heterocycles. The molecule has 1 aliphatic carbocycles. The number of carbonyl (C=O) groups excluding carboxylic acids is 1. The number of rotatable bonds is 8. The molecule has 1 atom stereocenters. The Balaban J connectivity index is 2.41. The lowest BCUT2D eigenvalue weighted by atomic mass is 9.92. The zero-order valence-electron chi connectivity index (χ0n) is 11.8. The van der Waals surface area contributed by atoms with Gasteiger partial charge in [0.15, 0.2) is 0 Å². The van der Waals surface area contributed by atoms with Crippen molar-refractivity contribution in [3.63, 3.8) is 0 Å². The lowest BCUT2D eigenvalue weighted by molar-refractivity contribution is -0.139. The summed E-state index contributed by atoms with van der Waals surface area (Å²) in [7, 11) is 0. The molecule has 0 aromatic heterocycles. The molecule has 5 heteroatoms. The number of carboxylic acids is 1. The summed E-state index contributed by atoms with van der Waals surface area (Å²) in [6.45, 7) is 2.73. The molecule has 1 amide bonds. The number of aliphatic carboxylic acids is 1. The van der Waals surface area contributed by atoms with Crippen LogP contribution in [0.25, 0.3) is 0 Å². The molecule has 0 aliphatic heterocycles. The molecular weight excluding hydrogens is 244 g/mol. The molecule has 1 rings (SSSR count). The molecule has 0 bridgehead atoms. The summed E-state index contributed by atoms with van der Waals surface area (Å²) in [6, 6.07) is 0. The van der Waals surface area contributed by atoms with E-state index in [-0.39, 0.29) is 12.3 Å². The minimum Gasteiger partial charge on any atom is -0.481 e. The summed E-state index contributed by atoms with van der Waals surface area (Å²) in [5.74, 6) is -0.416. The van der Waals surface area contributed by atoms with Gasteiger partial charge in [-0.25, -0.2) is 0 Å². The fraction of sp³-hybridized carbons (Fsp3) is 0.857. The molecule has 0 radical (unpaired) electrons. The molecular formula is C14H26N2O3. The molecule has 4 N–H and O–H groups in total. The van der Waals surface area contributed by atoms with Crippen LogP contribution in [0.3, 0.4) is 0 Å². The zero-order valence-corrected chi connectivity index (χ0v) is 11.8. The van der Waals surface area contributed by atoms with Crippen LogP contribution in [0.2, 0.25) is 0 Å². The van der Waals surface area contributed by atoms with E-state index in [4.69, 9.17) is 10.8 Å². The van der Waals surface area contributed by atoms with E-state index >= 15 is 0 Å². The van der Waals surface area contributed by atoms with Gasteiger partial charge in [0.1, 0.15) is 0 Å². The van der Waals surface area contributed by atoms with E-state index < -0.39 is 11.5 Å². The standard InChI is InChI=1S/C14H26N2O3/c1-11(6-9-15)4-5-12(17)16-14(10-13(18)19)7-2-3-8-14/h11H,2-10,15H2,1H3,(H,16,17)(H,18,19). The summed E-state index contributed by atoms with van der Waals surface area (Å²) in [6.07, 6.45) is 5.79. The van der Waals surface area contributed by atoms with Gasteiger partial charge >= 0.3 is 5.97 Å². The van der Waals surface area contributed by atoms with Crippen molar-refractivity contribution in [2.45, 2.75) is 63.8 Å². The minimum absolute atomic E-state index is 0.0213. The average molecular weight is 270 g/mol. The van der Waals surface area contributed by atoms with E-state index in [1.165, 1.54) is 0 Å². The molecule has 0 heterocycles. The lowest BCUT2D eigenvalue weighted by Crippen LogP contribution is -2.47. The number of nitrogens with one attached hydrogen (secondary N) is 1. The molecule has 1 saturated carbocycles. The first-order valence-electron chi connectivity index (χ1n) is 7.20. The third-order valence-electron chi connectivity index (χ3n) is 3.98. The van der Waals surface area contributed by atoms with Gasteiger partial charge in [-0.05, 0) is 38.1 Å². The van der Waals surface area contributed by atoms with Crippen LogP contribution in [0, 0.1) is 5.92 Å². The van der Waals surface area contributed by atoms with Crippen molar-refractivity contribution in [3.8, 4) is 0 Å². The van der Waals surface area contributed by atoms with Gasteiger partial charge in [0.2, 0.25) is 5.91 Å². The Kier molecular flexibility index (Phi) is 6.28. The maximum atomic E-state index is 12.0. The fourth-order valence-electron chi connectivity index (χ4n) is 2.85. The molecule has 0 aromatic carbocycles. The van der Waals surface area contributed by atoms with Crippen LogP contribution in [0.4, 0.5) is 0 Å². The van der Waals surface area contributed by atoms with Gasteiger partial charge in [0.25, 0.3) is 0 Å². The van der Waals surface area contributed by atoms with Crippen molar-refractivity contribution in [1.82, 2.24) is 5.32 Å². The highest BCUT2D eigenvalue weighted by Gasteiger charge is 2.37. The zero-order chi connectivity index (χ0) is 14.3. The van der Waals surface area contributed by atoms with E-state index in [1.54, 1.807) is 0 Å². The number of nitrogens with two attached hydrogens (primary N) is 1. The van der Waals surface area contributed by atoms with Crippen molar-refractivity contribution >= 4 is 11.9 Å². The second-order valence-corrected chi connectivity index (χ2v) is 5.83. The Bertz CT molecular complexity index is 312. The van der Waals surface area contributed by atoms with E-state index in [2.05, 4.69) is 12.2 Å². The molecule has 110 valence electrons. The normalized spacial score (nSPS) is 19.1. The summed E-state index contributed by atoms with van der Waals surface area (Å²) < 4.78 is 0. The predicted molar refractivity (Wildman–Crippen MR) is 73.7 cm³/mol. The Labute approximate surface area is 114 Å². The molecule has 0 aromatic rings. The second kappa shape index (κ2) is 7.48. The number of hydrogen-bond acceptors (Lipinski definition) is 3. The van der Waals surface area contributed by atoms with Gasteiger partial charge in [0, 0.05) is 6.42 Å². The SMILES string of the molecule is CC(CCN)CCC(=O)NC1(CC(=O)O)CCCC1. The van der Waals surface area contributed by atoms with Crippen LogP contribution in [-0.2, 0) is 9.59 Å². The van der Waals surface area contributed by atoms with Gasteiger partial charge in [-0.15, -0.1) is 0 Å². The third kappa shape index (κ3) is 5.59. The molecule has 19 heavy (non-hydrogen) atoms. The quantitative estimate of drug-likeness (QED) is 0.625. The Morgan fingerprint density at radius 1 is 1.32 bits per heavy atom. The van der Waals surface area contributed by atoms with Gasteiger partial charge in [-0.1, -0.05) is 19.8 Å². The highest BCUT2D eigenvalue weighted by molar-refractivity contribution is 5.78. The third-order valence-corrected chi connectivity index (χ3v) is 3.98. The largest absolute Gasteiger partial charge is 0.481 e. The van der Waals surface area contributed by atoms with E-state index in [9.17, 15) is 9.59 Å². The number of carbonyl (C=O) groups is 2. The van der Waals surface area contributed by atoms with Gasteiger partial charge in [-0.3, -0.25) is 9.59 Å². The maximum absolute atomic E-state index is 12.0. The molecule has 0 spiro atoms. The molecule has 5 nitrogen and oxygen atoms in total. The van der Waals surface area contributed by atoms with Crippen molar-refractivity contribution < 1.29 is 14.7 Å². The van der Waals surface area contributed by atoms with Crippen LogP contribution in [0.5, 0.6) is 0 Å². The summed E-state index contributed by atoms with van der Waals surface area (Å²) in [5.41, 5.74) is 4.98. The number of hydrogen-bond donors (Lipinski definition) is 3. The number of amides is 1. The van der Waals surface area contributed by atoms with Gasteiger partial charge in [-0.2, -0.15) is 0 Å². The first-order chi connectivity index (χ1) is 8.97. The lowest BCUT2D eigenvalue weighted by Gasteiger charge is -2.29. The molecule has 1 unspecified atom stereocenters. The number of carboxylic acid groups (broad SMARTS) is 1. The summed E-state index contributed by atoms with van der Waals surface area (Å²) in [5, 5.41) is 11.9. The monoisotopic (exact) mass is 270 g/mol. The van der Waals surface area contributed by atoms with Crippen molar-refractivity contribution in [3.05, 3.63) is 0 Å². The Morgan fingerprint density at radius 3 is 2.47 bits per heavy atom. The molecule has 1 fully saturated rings. The van der Waals surface area contributed by atoms with E-state index in [0.29, 0.717) is 18.9 Å². The van der Waals surface area contributed by atoms with Crippen molar-refractivity contribution in [2.24, 2.45) is 11.7 Å². The fourth-order valence-corrected chi connectivity index (χ4v) is 2.85. The first kappa shape index (κ1) is 16.0. The van der Waals surface area contributed by atoms with Crippen LogP contribution in [0.15, 0.2) is 0 Å². The van der Waals surface area contributed by atoms with Crippen molar-refractivity contribution in [1.29, 1.82) is 0 Å². The molecule has 1 aliphatic rings. The Hall–Kier alpha value is -1.10. The Morgan fingerprint density at radius 2 is 1.95 bits per heavy atom. The average Bonchev–Trinajstić information content (AvgIpc) is 2.74. The summed E-state index contributed by atoms with van der Waals surface area (Å²) in [4.78, 5) is 22.9. The van der Waals surface area contributed by atoms with E-state index in [1.807, 2.05) is 0 Å². The first-order valence-corrected chi connectivity index (χ1v) is 7.20. The predicted octanol–water partition coefficient (Wildman–Crippen LogP) is 1.66. The van der Waals surface area contributed by atoms with Gasteiger partial charge < -0.3 is 16.2 Å². The van der Waals surface area contributed by atoms with Crippen LogP contribution in [-0.4, -0.2) is 29.1 Å². The van der Waals surface area contributed by atoms with Crippen molar-refractivity contribution in [2.75, 3.05) is 6.54 Å². The maximum Gasteiger partial charge on any atom is 0.305 e. The second-order valence-electron chi connectivity index (χ2n) is 5.83. The minimum atomic E-state index is -0.835. The highest BCUT2D eigenvalue weighted by Crippen LogP contribution is 2.32. The van der Waals surface area contributed by atoms with Gasteiger partial charge in [0.05, 0.1) is 12.0 Å². The topological polar surface area (TPSA) is 92.4 Å². The van der Waals surface area contributed by atoms with E-state index in [0.717, 1.165) is 38.5 Å². The van der Waals surface area contributed by atoms with Crippen LogP contribution < -0.4 is 11.1 Å². The smallest absolute Gasteiger partial charge is 0.305 e. The highest BCUT2D eigenvalue weighted by atomic mass is 16.4. The van der Waals surface area contributed by atoms with Crippen LogP contribution in [0.1, 0.15) is 58.3 Å². The van der Waals surface area contributed by atoms with Crippen LogP contribution >= 0.6 is 0 Å². The summed E-state index contributed by atoms with van der Waals surface area (Å²) >= 11 is 0.